The third-order valence-electron chi connectivity index (χ3n) is 8.46. The second kappa shape index (κ2) is 9.49. The Labute approximate surface area is 239 Å². The number of ketones is 1. The number of Topliss-reactive ketones (excluding diaryl/α,β-unsaturated/α-hetero) is 1. The average Bonchev–Trinajstić information content (AvgIpc) is 3.26. The SMILES string of the molecule is O=C(CN(C(=O)c1ccccc1Cl)N1C(=O)[C@H]2C3c4ccccc4C(c4ccccc43)[C@@H]2C1=O)c1ccc(F)cc1. The lowest BCUT2D eigenvalue weighted by Crippen LogP contribution is -2.52. The van der Waals surface area contributed by atoms with Crippen LogP contribution in [0.3, 0.4) is 0 Å². The van der Waals surface area contributed by atoms with Crippen LogP contribution in [0.1, 0.15) is 54.8 Å². The molecule has 0 radical (unpaired) electrons. The maximum absolute atomic E-state index is 14.3. The summed E-state index contributed by atoms with van der Waals surface area (Å²) < 4.78 is 13.5. The van der Waals surface area contributed by atoms with E-state index >= 15 is 0 Å². The van der Waals surface area contributed by atoms with Crippen LogP contribution in [0.25, 0.3) is 0 Å². The molecule has 0 N–H and O–H groups in total. The van der Waals surface area contributed by atoms with Gasteiger partial charge in [-0.15, -0.1) is 0 Å². The molecule has 8 rings (SSSR count). The zero-order valence-corrected chi connectivity index (χ0v) is 22.3. The van der Waals surface area contributed by atoms with Gasteiger partial charge in [0.2, 0.25) is 0 Å². The average molecular weight is 565 g/mol. The van der Waals surface area contributed by atoms with E-state index in [0.29, 0.717) is 0 Å². The summed E-state index contributed by atoms with van der Waals surface area (Å²) in [4.78, 5) is 55.9. The molecule has 2 bridgehead atoms. The summed E-state index contributed by atoms with van der Waals surface area (Å²) in [7, 11) is 0. The van der Waals surface area contributed by atoms with Crippen LogP contribution in [0.5, 0.6) is 0 Å². The molecule has 0 unspecified atom stereocenters. The number of rotatable bonds is 5. The van der Waals surface area contributed by atoms with Crippen molar-refractivity contribution in [2.45, 2.75) is 11.8 Å². The molecule has 3 amide bonds. The molecule has 1 saturated heterocycles. The zero-order valence-electron chi connectivity index (χ0n) is 21.5. The highest BCUT2D eigenvalue weighted by atomic mass is 35.5. The highest BCUT2D eigenvalue weighted by molar-refractivity contribution is 6.34. The van der Waals surface area contributed by atoms with Crippen LogP contribution in [0, 0.1) is 17.7 Å². The van der Waals surface area contributed by atoms with Crippen LogP contribution in [0.2, 0.25) is 5.02 Å². The fourth-order valence-corrected chi connectivity index (χ4v) is 6.99. The first kappa shape index (κ1) is 25.4. The van der Waals surface area contributed by atoms with Crippen molar-refractivity contribution in [2.75, 3.05) is 6.54 Å². The maximum atomic E-state index is 14.3. The Morgan fingerprint density at radius 3 is 1.66 bits per heavy atom. The van der Waals surface area contributed by atoms with Crippen molar-refractivity contribution in [1.29, 1.82) is 0 Å². The number of benzene rings is 4. The summed E-state index contributed by atoms with van der Waals surface area (Å²) in [5.41, 5.74) is 4.16. The highest BCUT2D eigenvalue weighted by Crippen LogP contribution is 2.61. The Bertz CT molecular complexity index is 1660. The van der Waals surface area contributed by atoms with Crippen molar-refractivity contribution < 1.29 is 23.6 Å². The van der Waals surface area contributed by atoms with Gasteiger partial charge in [0, 0.05) is 17.4 Å². The number of carbonyl (C=O) groups is 4. The van der Waals surface area contributed by atoms with Crippen LogP contribution < -0.4 is 0 Å². The summed E-state index contributed by atoms with van der Waals surface area (Å²) >= 11 is 6.35. The monoisotopic (exact) mass is 564 g/mol. The van der Waals surface area contributed by atoms with Crippen LogP contribution >= 0.6 is 11.6 Å². The normalized spacial score (nSPS) is 21.8. The van der Waals surface area contributed by atoms with Crippen molar-refractivity contribution in [1.82, 2.24) is 10.0 Å². The lowest BCUT2D eigenvalue weighted by Gasteiger charge is -2.45. The van der Waals surface area contributed by atoms with Crippen molar-refractivity contribution >= 4 is 35.1 Å². The third kappa shape index (κ3) is 3.76. The second-order valence-corrected chi connectivity index (χ2v) is 10.9. The molecule has 6 nitrogen and oxygen atoms in total. The van der Waals surface area contributed by atoms with Crippen LogP contribution in [0.15, 0.2) is 97.1 Å². The number of halogens is 2. The van der Waals surface area contributed by atoms with E-state index in [-0.39, 0.29) is 28.0 Å². The molecule has 0 aromatic heterocycles. The van der Waals surface area contributed by atoms with Gasteiger partial charge < -0.3 is 0 Å². The number of hydrogen-bond acceptors (Lipinski definition) is 4. The molecule has 8 heteroatoms. The van der Waals surface area contributed by atoms with E-state index in [0.717, 1.165) is 44.4 Å². The number of hydrogen-bond donors (Lipinski definition) is 0. The van der Waals surface area contributed by atoms with E-state index in [9.17, 15) is 23.6 Å². The minimum absolute atomic E-state index is 0.0473. The predicted octanol–water partition coefficient (Wildman–Crippen LogP) is 5.61. The molecule has 202 valence electrons. The standard InChI is InChI=1S/C33H22ClFN2O4/c34-25-12-6-5-11-24(25)31(39)36(17-26(38)18-13-15-19(35)16-14-18)37-32(40)29-27-20-7-1-2-8-21(20)28(30(29)33(37)41)23-10-4-3-9-22(23)27/h1-16,27-30H,17H2/t27?,28?,29-,30-/m0/s1. The van der Waals surface area contributed by atoms with E-state index in [1.54, 1.807) is 12.1 Å². The molecule has 2 atom stereocenters. The van der Waals surface area contributed by atoms with E-state index in [2.05, 4.69) is 0 Å². The molecule has 3 aliphatic carbocycles. The molecule has 4 aliphatic rings. The Hall–Kier alpha value is -4.62. The quantitative estimate of drug-likeness (QED) is 0.233. The van der Waals surface area contributed by atoms with Gasteiger partial charge in [0.1, 0.15) is 12.4 Å². The Kier molecular flexibility index (Phi) is 5.87. The second-order valence-electron chi connectivity index (χ2n) is 10.5. The first-order valence-electron chi connectivity index (χ1n) is 13.3. The highest BCUT2D eigenvalue weighted by Gasteiger charge is 2.63. The van der Waals surface area contributed by atoms with Gasteiger partial charge in [-0.25, -0.2) is 9.40 Å². The predicted molar refractivity (Wildman–Crippen MR) is 149 cm³/mol. The molecule has 0 spiro atoms. The Balaban J connectivity index is 1.34. The van der Waals surface area contributed by atoms with Gasteiger partial charge in [-0.3, -0.25) is 19.2 Å². The molecule has 1 heterocycles. The minimum atomic E-state index is -0.756. The lowest BCUT2D eigenvalue weighted by molar-refractivity contribution is -0.154. The number of nitrogens with zero attached hydrogens (tertiary/aromatic N) is 2. The molecule has 4 aromatic carbocycles. The van der Waals surface area contributed by atoms with Crippen molar-refractivity contribution in [3.8, 4) is 0 Å². The summed E-state index contributed by atoms with van der Waals surface area (Å²) in [5, 5.41) is 1.89. The number of hydrazine groups is 1. The van der Waals surface area contributed by atoms with Gasteiger partial charge in [-0.05, 0) is 58.7 Å². The molecule has 4 aromatic rings. The summed E-state index contributed by atoms with van der Waals surface area (Å²) in [6.45, 7) is -0.609. The molecule has 1 fully saturated rings. The Morgan fingerprint density at radius 1 is 0.707 bits per heavy atom. The number of imide groups is 1. The fourth-order valence-electron chi connectivity index (χ4n) is 6.77. The van der Waals surface area contributed by atoms with Crippen LogP contribution in [0.4, 0.5) is 4.39 Å². The maximum Gasteiger partial charge on any atom is 0.274 e. The van der Waals surface area contributed by atoms with E-state index in [4.69, 9.17) is 11.6 Å². The third-order valence-corrected chi connectivity index (χ3v) is 8.79. The van der Waals surface area contributed by atoms with Gasteiger partial charge in [0.15, 0.2) is 5.78 Å². The molecule has 41 heavy (non-hydrogen) atoms. The molecule has 0 saturated carbocycles. The summed E-state index contributed by atoms with van der Waals surface area (Å²) in [5.74, 6) is -5.12. The lowest BCUT2D eigenvalue weighted by atomic mass is 9.55. The van der Waals surface area contributed by atoms with E-state index in [1.165, 1.54) is 24.3 Å². The molecular weight excluding hydrogens is 543 g/mol. The topological polar surface area (TPSA) is 74.8 Å². The van der Waals surface area contributed by atoms with Gasteiger partial charge in [-0.2, -0.15) is 5.01 Å². The van der Waals surface area contributed by atoms with Gasteiger partial charge in [-0.1, -0.05) is 72.3 Å². The fraction of sp³-hybridized carbons (Fsp3) is 0.152. The Morgan fingerprint density at radius 2 is 1.17 bits per heavy atom. The summed E-state index contributed by atoms with van der Waals surface area (Å²) in [6, 6.07) is 26.8. The van der Waals surface area contributed by atoms with Crippen LogP contribution in [-0.4, -0.2) is 40.1 Å². The zero-order chi connectivity index (χ0) is 28.4. The summed E-state index contributed by atoms with van der Waals surface area (Å²) in [6.07, 6.45) is 0. The van der Waals surface area contributed by atoms with E-state index < -0.39 is 47.7 Å². The largest absolute Gasteiger partial charge is 0.292 e. The van der Waals surface area contributed by atoms with Crippen molar-refractivity contribution in [3.05, 3.63) is 141 Å². The van der Waals surface area contributed by atoms with Gasteiger partial charge in [0.05, 0.1) is 22.4 Å². The minimum Gasteiger partial charge on any atom is -0.292 e. The number of carbonyl (C=O) groups excluding carboxylic acids is 4. The first-order valence-corrected chi connectivity index (χ1v) is 13.6. The van der Waals surface area contributed by atoms with Crippen molar-refractivity contribution in [3.63, 3.8) is 0 Å². The molecule has 1 aliphatic heterocycles. The van der Waals surface area contributed by atoms with Crippen LogP contribution in [-0.2, 0) is 9.59 Å². The van der Waals surface area contributed by atoms with E-state index in [1.807, 2.05) is 48.5 Å². The van der Waals surface area contributed by atoms with Crippen molar-refractivity contribution in [2.24, 2.45) is 11.8 Å². The van der Waals surface area contributed by atoms with Gasteiger partial charge in [0.25, 0.3) is 17.7 Å². The smallest absolute Gasteiger partial charge is 0.274 e. The van der Waals surface area contributed by atoms with Gasteiger partial charge >= 0.3 is 0 Å². The number of amides is 3. The molecular formula is C33H22ClFN2O4. The first-order chi connectivity index (χ1) is 19.9.